The van der Waals surface area contributed by atoms with E-state index in [9.17, 15) is 13.2 Å². The molecule has 0 radical (unpaired) electrons. The highest BCUT2D eigenvalue weighted by molar-refractivity contribution is 7.91. The molecule has 0 saturated heterocycles. The van der Waals surface area contributed by atoms with Crippen molar-refractivity contribution in [3.8, 4) is 0 Å². The first-order valence-corrected chi connectivity index (χ1v) is 9.05. The van der Waals surface area contributed by atoms with Crippen LogP contribution in [0.25, 0.3) is 0 Å². The van der Waals surface area contributed by atoms with E-state index in [0.29, 0.717) is 17.8 Å². The van der Waals surface area contributed by atoms with Crippen LogP contribution in [-0.4, -0.2) is 43.2 Å². The molecule has 21 heavy (non-hydrogen) atoms. The van der Waals surface area contributed by atoms with Gasteiger partial charge in [-0.2, -0.15) is 0 Å². The van der Waals surface area contributed by atoms with Gasteiger partial charge in [-0.25, -0.2) is 13.4 Å². The number of ether oxygens (including phenoxy) is 1. The van der Waals surface area contributed by atoms with E-state index in [2.05, 4.69) is 4.98 Å². The van der Waals surface area contributed by atoms with Crippen LogP contribution >= 0.6 is 0 Å². The monoisotopic (exact) mass is 314 g/mol. The molecule has 1 aliphatic rings. The minimum Gasteiger partial charge on any atom is -0.384 e. The van der Waals surface area contributed by atoms with Gasteiger partial charge in [0.1, 0.15) is 5.82 Å². The van der Waals surface area contributed by atoms with E-state index in [0.717, 1.165) is 25.1 Å². The van der Waals surface area contributed by atoms with Crippen molar-refractivity contribution in [3.05, 3.63) is 27.4 Å². The Kier molecular flexibility index (Phi) is 5.16. The van der Waals surface area contributed by atoms with Crippen molar-refractivity contribution < 1.29 is 13.2 Å². The lowest BCUT2D eigenvalue weighted by Crippen LogP contribution is -2.33. The molecule has 1 aromatic heterocycles. The molecule has 0 spiro atoms. The highest BCUT2D eigenvalue weighted by Gasteiger charge is 2.19. The predicted octanol–water partition coefficient (Wildman–Crippen LogP) is 0.492. The van der Waals surface area contributed by atoms with Gasteiger partial charge in [0, 0.05) is 31.3 Å². The van der Waals surface area contributed by atoms with Crippen LogP contribution in [0.4, 0.5) is 0 Å². The van der Waals surface area contributed by atoms with E-state index in [1.807, 2.05) is 0 Å². The SMILES string of the molecule is COCCS(=O)(=O)CCc1c(C)nc2n(c1=O)CCCC2. The Morgan fingerprint density at radius 2 is 2.05 bits per heavy atom. The molecule has 1 aliphatic heterocycles. The fourth-order valence-corrected chi connectivity index (χ4v) is 3.73. The second kappa shape index (κ2) is 6.70. The van der Waals surface area contributed by atoms with Crippen LogP contribution in [-0.2, 0) is 34.0 Å². The molecule has 0 bridgehead atoms. The zero-order chi connectivity index (χ0) is 15.5. The van der Waals surface area contributed by atoms with E-state index >= 15 is 0 Å². The van der Waals surface area contributed by atoms with E-state index in [1.165, 1.54) is 7.11 Å². The summed E-state index contributed by atoms with van der Waals surface area (Å²) in [6, 6.07) is 0. The number of methoxy groups -OCH3 is 1. The van der Waals surface area contributed by atoms with Gasteiger partial charge in [0.2, 0.25) is 0 Å². The topological polar surface area (TPSA) is 78.3 Å². The Balaban J connectivity index is 2.19. The normalized spacial score (nSPS) is 15.0. The number of rotatable bonds is 6. The molecule has 2 rings (SSSR count). The first kappa shape index (κ1) is 16.2. The summed E-state index contributed by atoms with van der Waals surface area (Å²) in [6.45, 7) is 2.65. The fraction of sp³-hybridized carbons (Fsp3) is 0.714. The summed E-state index contributed by atoms with van der Waals surface area (Å²) >= 11 is 0. The summed E-state index contributed by atoms with van der Waals surface area (Å²) < 4.78 is 30.2. The molecule has 0 N–H and O–H groups in total. The summed E-state index contributed by atoms with van der Waals surface area (Å²) in [6.07, 6.45) is 3.08. The number of nitrogens with zero attached hydrogens (tertiary/aromatic N) is 2. The zero-order valence-corrected chi connectivity index (χ0v) is 13.4. The molecule has 0 aromatic carbocycles. The third-order valence-electron chi connectivity index (χ3n) is 3.84. The maximum atomic E-state index is 12.5. The van der Waals surface area contributed by atoms with Crippen LogP contribution in [0.5, 0.6) is 0 Å². The number of aryl methyl sites for hydroxylation is 2. The second-order valence-corrected chi connectivity index (χ2v) is 7.70. The fourth-order valence-electron chi connectivity index (χ4n) is 2.59. The molecule has 6 nitrogen and oxygen atoms in total. The van der Waals surface area contributed by atoms with Crippen molar-refractivity contribution in [3.63, 3.8) is 0 Å². The van der Waals surface area contributed by atoms with Crippen LogP contribution in [0.1, 0.15) is 29.9 Å². The smallest absolute Gasteiger partial charge is 0.256 e. The quantitative estimate of drug-likeness (QED) is 0.764. The molecule has 0 atom stereocenters. The standard InChI is InChI=1S/C14H22N2O4S/c1-11-12(6-9-21(18,19)10-8-20-2)14(17)16-7-4-3-5-13(16)15-11/h3-10H2,1-2H3. The molecular formula is C14H22N2O4S. The maximum Gasteiger partial charge on any atom is 0.256 e. The second-order valence-electron chi connectivity index (χ2n) is 5.40. The highest BCUT2D eigenvalue weighted by Crippen LogP contribution is 2.13. The predicted molar refractivity (Wildman–Crippen MR) is 80.4 cm³/mol. The third-order valence-corrected chi connectivity index (χ3v) is 5.46. The molecule has 0 fully saturated rings. The number of hydrogen-bond acceptors (Lipinski definition) is 5. The van der Waals surface area contributed by atoms with Gasteiger partial charge in [0.25, 0.3) is 5.56 Å². The third kappa shape index (κ3) is 3.91. The van der Waals surface area contributed by atoms with Crippen LogP contribution < -0.4 is 5.56 Å². The Bertz CT molecular complexity index is 664. The van der Waals surface area contributed by atoms with Crippen molar-refractivity contribution in [2.45, 2.75) is 39.2 Å². The first-order valence-electron chi connectivity index (χ1n) is 7.23. The summed E-state index contributed by atoms with van der Waals surface area (Å²) in [7, 11) is -1.73. The average Bonchev–Trinajstić information content (AvgIpc) is 2.45. The number of aromatic nitrogens is 2. The molecular weight excluding hydrogens is 292 g/mol. The van der Waals surface area contributed by atoms with Gasteiger partial charge in [-0.15, -0.1) is 0 Å². The average molecular weight is 314 g/mol. The molecule has 0 unspecified atom stereocenters. The Labute approximate surface area is 125 Å². The Morgan fingerprint density at radius 1 is 1.29 bits per heavy atom. The minimum atomic E-state index is -3.20. The molecule has 0 saturated carbocycles. The summed E-state index contributed by atoms with van der Waals surface area (Å²) in [4.78, 5) is 16.9. The van der Waals surface area contributed by atoms with E-state index in [4.69, 9.17) is 4.74 Å². The van der Waals surface area contributed by atoms with Crippen molar-refractivity contribution in [2.24, 2.45) is 0 Å². The first-order chi connectivity index (χ1) is 9.94. The molecule has 7 heteroatoms. The lowest BCUT2D eigenvalue weighted by molar-refractivity contribution is 0.217. The van der Waals surface area contributed by atoms with Gasteiger partial charge in [-0.05, 0) is 26.2 Å². The summed E-state index contributed by atoms with van der Waals surface area (Å²) in [5, 5.41) is 0. The molecule has 0 aliphatic carbocycles. The van der Waals surface area contributed by atoms with E-state index in [-0.39, 0.29) is 30.1 Å². The number of fused-ring (bicyclic) bond motifs is 1. The van der Waals surface area contributed by atoms with Crippen molar-refractivity contribution in [1.29, 1.82) is 0 Å². The highest BCUT2D eigenvalue weighted by atomic mass is 32.2. The van der Waals surface area contributed by atoms with Gasteiger partial charge < -0.3 is 4.74 Å². The van der Waals surface area contributed by atoms with E-state index < -0.39 is 9.84 Å². The molecule has 118 valence electrons. The lowest BCUT2D eigenvalue weighted by Gasteiger charge is -2.19. The summed E-state index contributed by atoms with van der Waals surface area (Å²) in [5.41, 5.74) is 1.12. The van der Waals surface area contributed by atoms with Crippen molar-refractivity contribution in [2.75, 3.05) is 25.2 Å². The van der Waals surface area contributed by atoms with Crippen molar-refractivity contribution in [1.82, 2.24) is 9.55 Å². The van der Waals surface area contributed by atoms with Gasteiger partial charge in [0.15, 0.2) is 9.84 Å². The van der Waals surface area contributed by atoms with Crippen LogP contribution in [0, 0.1) is 6.92 Å². The zero-order valence-electron chi connectivity index (χ0n) is 12.6. The van der Waals surface area contributed by atoms with Gasteiger partial charge in [-0.3, -0.25) is 9.36 Å². The minimum absolute atomic E-state index is 0.0117. The molecule has 2 heterocycles. The van der Waals surface area contributed by atoms with Crippen LogP contribution in [0.2, 0.25) is 0 Å². The van der Waals surface area contributed by atoms with Gasteiger partial charge in [0.05, 0.1) is 18.1 Å². The Morgan fingerprint density at radius 3 is 2.76 bits per heavy atom. The van der Waals surface area contributed by atoms with Crippen LogP contribution in [0.3, 0.4) is 0 Å². The van der Waals surface area contributed by atoms with E-state index in [1.54, 1.807) is 11.5 Å². The molecule has 1 aromatic rings. The molecule has 0 amide bonds. The van der Waals surface area contributed by atoms with Crippen molar-refractivity contribution >= 4 is 9.84 Å². The number of sulfone groups is 1. The summed E-state index contributed by atoms with van der Waals surface area (Å²) in [5.74, 6) is 0.783. The lowest BCUT2D eigenvalue weighted by atomic mass is 10.1. The van der Waals surface area contributed by atoms with Gasteiger partial charge in [-0.1, -0.05) is 0 Å². The number of hydrogen-bond donors (Lipinski definition) is 0. The van der Waals surface area contributed by atoms with Gasteiger partial charge >= 0.3 is 0 Å². The van der Waals surface area contributed by atoms with Crippen LogP contribution in [0.15, 0.2) is 4.79 Å². The maximum absolute atomic E-state index is 12.5. The largest absolute Gasteiger partial charge is 0.384 e. The Hall–Kier alpha value is -1.21.